The molecule has 0 spiro atoms. The van der Waals surface area contributed by atoms with Gasteiger partial charge in [0.1, 0.15) is 21.6 Å². The Balaban J connectivity index is 1.39. The average molecular weight is 440 g/mol. The summed E-state index contributed by atoms with van der Waals surface area (Å²) < 4.78 is 12.2. The van der Waals surface area contributed by atoms with Crippen molar-refractivity contribution in [3.63, 3.8) is 0 Å². The van der Waals surface area contributed by atoms with E-state index in [4.69, 9.17) is 21.4 Å². The molecule has 4 nitrogen and oxygen atoms in total. The minimum absolute atomic E-state index is 0.0389. The van der Waals surface area contributed by atoms with Gasteiger partial charge < -0.3 is 9.15 Å². The van der Waals surface area contributed by atoms with E-state index in [1.165, 1.54) is 31.0 Å². The summed E-state index contributed by atoms with van der Waals surface area (Å²) in [6.07, 6.45) is 6.73. The van der Waals surface area contributed by atoms with Gasteiger partial charge in [0.05, 0.1) is 12.0 Å². The van der Waals surface area contributed by atoms with Gasteiger partial charge in [-0.2, -0.15) is 0 Å². The van der Waals surface area contributed by atoms with Crippen LogP contribution in [0.15, 0.2) is 33.6 Å². The van der Waals surface area contributed by atoms with Crippen LogP contribution in [0.3, 0.4) is 0 Å². The molecule has 5 rings (SSSR count). The molecule has 0 radical (unpaired) electrons. The molecule has 3 unspecified atom stereocenters. The van der Waals surface area contributed by atoms with Crippen molar-refractivity contribution in [2.75, 3.05) is 7.11 Å². The maximum Gasteiger partial charge on any atom is 0.266 e. The van der Waals surface area contributed by atoms with Crippen molar-refractivity contribution in [3.8, 4) is 17.1 Å². The second kappa shape index (κ2) is 7.57. The van der Waals surface area contributed by atoms with Crippen LogP contribution in [-0.2, 0) is 4.79 Å². The molecular formula is C24H25NO3S2. The number of hydrogen-bond donors (Lipinski definition) is 0. The van der Waals surface area contributed by atoms with Crippen molar-refractivity contribution < 1.29 is 13.9 Å². The number of furan rings is 1. The number of carbonyl (C=O) groups is 1. The van der Waals surface area contributed by atoms with Gasteiger partial charge in [0, 0.05) is 17.7 Å². The Labute approximate surface area is 186 Å². The molecule has 2 aromatic rings. The highest BCUT2D eigenvalue weighted by molar-refractivity contribution is 8.26. The van der Waals surface area contributed by atoms with Crippen molar-refractivity contribution in [2.24, 2.45) is 11.8 Å². The molecule has 3 aliphatic rings. The van der Waals surface area contributed by atoms with Crippen molar-refractivity contribution in [1.29, 1.82) is 0 Å². The molecule has 1 aromatic heterocycles. The third-order valence-corrected chi connectivity index (χ3v) is 8.09. The van der Waals surface area contributed by atoms with Crippen LogP contribution in [0.2, 0.25) is 0 Å². The molecule has 30 heavy (non-hydrogen) atoms. The van der Waals surface area contributed by atoms with E-state index >= 15 is 0 Å². The second-order valence-corrected chi connectivity index (χ2v) is 10.3. The molecule has 2 heterocycles. The maximum atomic E-state index is 13.1. The summed E-state index contributed by atoms with van der Waals surface area (Å²) in [7, 11) is 1.68. The van der Waals surface area contributed by atoms with E-state index < -0.39 is 0 Å². The van der Waals surface area contributed by atoms with E-state index in [0.29, 0.717) is 26.9 Å². The topological polar surface area (TPSA) is 42.7 Å². The highest BCUT2D eigenvalue weighted by Crippen LogP contribution is 2.49. The van der Waals surface area contributed by atoms with Crippen LogP contribution < -0.4 is 4.74 Å². The summed E-state index contributed by atoms with van der Waals surface area (Å²) in [5, 5.41) is 0. The summed E-state index contributed by atoms with van der Waals surface area (Å²) in [4.78, 5) is 15.7. The predicted octanol–water partition coefficient (Wildman–Crippen LogP) is 5.96. The van der Waals surface area contributed by atoms with Crippen LogP contribution in [0.5, 0.6) is 5.75 Å². The largest absolute Gasteiger partial charge is 0.496 e. The first-order valence-corrected chi connectivity index (χ1v) is 11.7. The van der Waals surface area contributed by atoms with Gasteiger partial charge in [-0.15, -0.1) is 0 Å². The normalized spacial score (nSPS) is 27.0. The number of amides is 1. The van der Waals surface area contributed by atoms with Crippen LogP contribution in [0.4, 0.5) is 0 Å². The van der Waals surface area contributed by atoms with Gasteiger partial charge in [0.15, 0.2) is 0 Å². The minimum Gasteiger partial charge on any atom is -0.496 e. The molecule has 3 fully saturated rings. The lowest BCUT2D eigenvalue weighted by molar-refractivity contribution is -0.124. The van der Waals surface area contributed by atoms with Gasteiger partial charge in [-0.1, -0.05) is 30.4 Å². The zero-order valence-corrected chi connectivity index (χ0v) is 19.1. The molecule has 2 bridgehead atoms. The Bertz CT molecular complexity index is 1070. The molecule has 2 saturated carbocycles. The first-order valence-electron chi connectivity index (χ1n) is 10.5. The molecule has 3 atom stereocenters. The number of ether oxygens (including phenoxy) is 1. The highest BCUT2D eigenvalue weighted by Gasteiger charge is 2.47. The summed E-state index contributed by atoms with van der Waals surface area (Å²) in [6.45, 7) is 4.06. The molecule has 156 valence electrons. The first kappa shape index (κ1) is 19.9. The van der Waals surface area contributed by atoms with Crippen LogP contribution in [-0.4, -0.2) is 28.3 Å². The number of thioether (sulfide) groups is 1. The van der Waals surface area contributed by atoms with Crippen molar-refractivity contribution in [1.82, 2.24) is 4.90 Å². The van der Waals surface area contributed by atoms with Crippen molar-refractivity contribution >= 4 is 40.3 Å². The molecule has 2 aliphatic carbocycles. The quantitative estimate of drug-likeness (QED) is 0.434. The third-order valence-electron chi connectivity index (χ3n) is 6.76. The van der Waals surface area contributed by atoms with Gasteiger partial charge in [0.2, 0.25) is 0 Å². The molecule has 0 N–H and O–H groups in total. The average Bonchev–Trinajstić information content (AvgIpc) is 3.49. The fourth-order valence-corrected chi connectivity index (χ4v) is 6.63. The van der Waals surface area contributed by atoms with E-state index in [1.54, 1.807) is 7.11 Å². The number of carbonyl (C=O) groups excluding carboxylic acids is 1. The Morgan fingerprint density at radius 3 is 2.73 bits per heavy atom. The fraction of sp³-hybridized carbons (Fsp3) is 0.417. The molecule has 1 aromatic carbocycles. The number of methoxy groups -OCH3 is 1. The van der Waals surface area contributed by atoms with Crippen molar-refractivity contribution in [2.45, 2.75) is 45.6 Å². The standard InChI is InChI=1S/C24H25NO3S2/c1-13-9-21(27-3)14(2)8-18(13)20-7-6-17(28-20)12-22-23(26)25(24(29)30-22)19-11-15-4-5-16(19)10-15/h6-9,12,15-16,19H,4-5,10-11H2,1-3H3. The molecule has 6 heteroatoms. The lowest BCUT2D eigenvalue weighted by atomic mass is 9.94. The van der Waals surface area contributed by atoms with Crippen LogP contribution in [0.25, 0.3) is 17.4 Å². The Hall–Kier alpha value is -2.05. The molecule has 1 aliphatic heterocycles. The number of aryl methyl sites for hydroxylation is 2. The second-order valence-electron chi connectivity index (χ2n) is 8.63. The van der Waals surface area contributed by atoms with Gasteiger partial charge in [-0.25, -0.2) is 0 Å². The van der Waals surface area contributed by atoms with Gasteiger partial charge in [-0.3, -0.25) is 9.69 Å². The predicted molar refractivity (Wildman–Crippen MR) is 124 cm³/mol. The van der Waals surface area contributed by atoms with Gasteiger partial charge in [0.25, 0.3) is 5.91 Å². The first-order chi connectivity index (χ1) is 14.4. The number of benzene rings is 1. The van der Waals surface area contributed by atoms with E-state index in [1.807, 2.05) is 43.0 Å². The molecule has 1 amide bonds. The zero-order valence-electron chi connectivity index (χ0n) is 17.4. The lowest BCUT2D eigenvalue weighted by Crippen LogP contribution is -2.41. The summed E-state index contributed by atoms with van der Waals surface area (Å²) in [5.41, 5.74) is 3.17. The van der Waals surface area contributed by atoms with Crippen molar-refractivity contribution in [3.05, 3.63) is 46.1 Å². The maximum absolute atomic E-state index is 13.1. The van der Waals surface area contributed by atoms with E-state index in [9.17, 15) is 4.79 Å². The van der Waals surface area contributed by atoms with Crippen LogP contribution in [0, 0.1) is 25.7 Å². The molecular weight excluding hydrogens is 414 g/mol. The molecule has 1 saturated heterocycles. The minimum atomic E-state index is 0.0389. The number of rotatable bonds is 4. The number of fused-ring (bicyclic) bond motifs is 2. The highest BCUT2D eigenvalue weighted by atomic mass is 32.2. The monoisotopic (exact) mass is 439 g/mol. The Morgan fingerprint density at radius 2 is 2.03 bits per heavy atom. The van der Waals surface area contributed by atoms with Gasteiger partial charge >= 0.3 is 0 Å². The number of hydrogen-bond acceptors (Lipinski definition) is 5. The van der Waals surface area contributed by atoms with E-state index in [2.05, 4.69) is 6.07 Å². The summed E-state index contributed by atoms with van der Waals surface area (Å²) >= 11 is 6.98. The smallest absolute Gasteiger partial charge is 0.266 e. The fourth-order valence-electron chi connectivity index (χ4n) is 5.27. The third kappa shape index (κ3) is 3.30. The lowest BCUT2D eigenvalue weighted by Gasteiger charge is -2.30. The van der Waals surface area contributed by atoms with Gasteiger partial charge in [-0.05, 0) is 80.3 Å². The zero-order chi connectivity index (χ0) is 21.0. The number of nitrogens with zero attached hydrogens (tertiary/aromatic N) is 1. The van der Waals surface area contributed by atoms with E-state index in [0.717, 1.165) is 40.5 Å². The Morgan fingerprint density at radius 1 is 1.20 bits per heavy atom. The van der Waals surface area contributed by atoms with Crippen LogP contribution >= 0.6 is 24.0 Å². The Kier molecular flexibility index (Phi) is 5.02. The summed E-state index contributed by atoms with van der Waals surface area (Å²) in [5.74, 6) is 3.76. The van der Waals surface area contributed by atoms with E-state index in [-0.39, 0.29) is 5.91 Å². The van der Waals surface area contributed by atoms with Crippen LogP contribution in [0.1, 0.15) is 42.6 Å². The summed E-state index contributed by atoms with van der Waals surface area (Å²) in [6, 6.07) is 8.26. The SMILES string of the molecule is COc1cc(C)c(-c2ccc(C=C3SC(=S)N(C4CC5CCC4C5)C3=O)o2)cc1C. The number of thiocarbonyl (C=S) groups is 1.